The third-order valence-corrected chi connectivity index (χ3v) is 2.12. The molecule has 15 heavy (non-hydrogen) atoms. The monoisotopic (exact) mass is 212 g/mol. The first-order chi connectivity index (χ1) is 7.26. The molecule has 0 saturated carbocycles. The van der Waals surface area contributed by atoms with E-state index in [2.05, 4.69) is 24.1 Å². The van der Waals surface area contributed by atoms with Crippen LogP contribution in [0.4, 0.5) is 0 Å². The third kappa shape index (κ3) is 4.44. The zero-order valence-electron chi connectivity index (χ0n) is 9.75. The Morgan fingerprint density at radius 2 is 2.33 bits per heavy atom. The van der Waals surface area contributed by atoms with Crippen molar-refractivity contribution in [3.8, 4) is 0 Å². The van der Waals surface area contributed by atoms with E-state index in [1.165, 1.54) is 0 Å². The highest BCUT2D eigenvalue weighted by molar-refractivity contribution is 4.93. The van der Waals surface area contributed by atoms with Gasteiger partial charge in [-0.05, 0) is 13.8 Å². The highest BCUT2D eigenvalue weighted by atomic mass is 16.5. The van der Waals surface area contributed by atoms with Gasteiger partial charge in [-0.15, -0.1) is 0 Å². The Kier molecular flexibility index (Phi) is 5.36. The van der Waals surface area contributed by atoms with Crippen LogP contribution < -0.4 is 5.32 Å². The average molecular weight is 212 g/mol. The fourth-order valence-corrected chi connectivity index (χ4v) is 1.21. The molecule has 0 amide bonds. The molecule has 1 unspecified atom stereocenters. The number of nitrogens with one attached hydrogen (secondary N) is 1. The van der Waals surface area contributed by atoms with E-state index in [0.29, 0.717) is 12.6 Å². The van der Waals surface area contributed by atoms with Crippen molar-refractivity contribution in [1.82, 2.24) is 10.3 Å². The Morgan fingerprint density at radius 3 is 2.93 bits per heavy atom. The summed E-state index contributed by atoms with van der Waals surface area (Å²) in [4.78, 5) is 4.17. The summed E-state index contributed by atoms with van der Waals surface area (Å²) in [7, 11) is 0. The molecule has 1 aromatic rings. The van der Waals surface area contributed by atoms with Crippen LogP contribution in [-0.4, -0.2) is 24.2 Å². The Hall–Kier alpha value is -0.870. The molecule has 1 aromatic heterocycles. The van der Waals surface area contributed by atoms with Gasteiger partial charge >= 0.3 is 0 Å². The minimum absolute atomic E-state index is 0.321. The van der Waals surface area contributed by atoms with Crippen molar-refractivity contribution in [3.05, 3.63) is 17.8 Å². The molecule has 0 aliphatic rings. The van der Waals surface area contributed by atoms with E-state index in [0.717, 1.165) is 31.3 Å². The highest BCUT2D eigenvalue weighted by Crippen LogP contribution is 2.03. The summed E-state index contributed by atoms with van der Waals surface area (Å²) in [6.07, 6.45) is 2.67. The Balaban J connectivity index is 2.24. The van der Waals surface area contributed by atoms with Crippen LogP contribution in [0, 0.1) is 0 Å². The average Bonchev–Trinajstić information content (AvgIpc) is 2.71. The Morgan fingerprint density at radius 1 is 1.53 bits per heavy atom. The first kappa shape index (κ1) is 12.2. The molecule has 0 fully saturated rings. The first-order valence-electron chi connectivity index (χ1n) is 5.51. The summed E-state index contributed by atoms with van der Waals surface area (Å²) in [6.45, 7) is 8.26. The maximum absolute atomic E-state index is 5.47. The summed E-state index contributed by atoms with van der Waals surface area (Å²) >= 11 is 0. The van der Waals surface area contributed by atoms with E-state index in [1.807, 2.05) is 6.92 Å². The van der Waals surface area contributed by atoms with Crippen LogP contribution in [0.3, 0.4) is 0 Å². The number of oxazole rings is 1. The molecular weight excluding hydrogens is 192 g/mol. The largest absolute Gasteiger partial charge is 0.444 e. The number of rotatable bonds is 7. The smallest absolute Gasteiger partial charge is 0.208 e. The summed E-state index contributed by atoms with van der Waals surface area (Å²) in [5, 5.41) is 3.29. The lowest BCUT2D eigenvalue weighted by Crippen LogP contribution is -2.30. The van der Waals surface area contributed by atoms with Gasteiger partial charge in [-0.1, -0.05) is 6.92 Å². The van der Waals surface area contributed by atoms with Gasteiger partial charge in [0.2, 0.25) is 5.89 Å². The fourth-order valence-electron chi connectivity index (χ4n) is 1.21. The van der Waals surface area contributed by atoms with Gasteiger partial charge in [-0.3, -0.25) is 0 Å². The van der Waals surface area contributed by atoms with Crippen LogP contribution in [0.15, 0.2) is 10.6 Å². The summed E-state index contributed by atoms with van der Waals surface area (Å²) in [6, 6.07) is 0.321. The maximum Gasteiger partial charge on any atom is 0.208 e. The van der Waals surface area contributed by atoms with E-state index in [9.17, 15) is 0 Å². The van der Waals surface area contributed by atoms with Crippen LogP contribution in [-0.2, 0) is 17.7 Å². The second kappa shape index (κ2) is 6.58. The molecule has 1 rings (SSSR count). The standard InChI is InChI=1S/C11H20N2O2/c1-4-10-6-13-11(15-10)7-12-9(3)8-14-5-2/h6,9,12H,4-5,7-8H2,1-3H3. The van der Waals surface area contributed by atoms with Crippen LogP contribution in [0.2, 0.25) is 0 Å². The number of hydrogen-bond donors (Lipinski definition) is 1. The van der Waals surface area contributed by atoms with Crippen LogP contribution in [0.5, 0.6) is 0 Å². The van der Waals surface area contributed by atoms with Crippen molar-refractivity contribution in [2.45, 2.75) is 39.8 Å². The highest BCUT2D eigenvalue weighted by Gasteiger charge is 2.05. The summed E-state index contributed by atoms with van der Waals surface area (Å²) in [5.41, 5.74) is 0. The number of nitrogens with zero attached hydrogens (tertiary/aromatic N) is 1. The molecule has 0 bridgehead atoms. The van der Waals surface area contributed by atoms with Gasteiger partial charge in [-0.2, -0.15) is 0 Å². The van der Waals surface area contributed by atoms with Crippen molar-refractivity contribution in [2.24, 2.45) is 0 Å². The molecule has 1 N–H and O–H groups in total. The SMILES string of the molecule is CCOCC(C)NCc1ncc(CC)o1. The van der Waals surface area contributed by atoms with Crippen molar-refractivity contribution >= 4 is 0 Å². The quantitative estimate of drug-likeness (QED) is 0.748. The zero-order chi connectivity index (χ0) is 11.1. The molecule has 0 aliphatic carbocycles. The number of aromatic nitrogens is 1. The van der Waals surface area contributed by atoms with E-state index in [1.54, 1.807) is 6.20 Å². The summed E-state index contributed by atoms with van der Waals surface area (Å²) < 4.78 is 10.8. The topological polar surface area (TPSA) is 47.3 Å². The van der Waals surface area contributed by atoms with Gasteiger partial charge < -0.3 is 14.5 Å². The lowest BCUT2D eigenvalue weighted by atomic mass is 10.3. The van der Waals surface area contributed by atoms with Crippen LogP contribution in [0.1, 0.15) is 32.4 Å². The van der Waals surface area contributed by atoms with E-state index in [-0.39, 0.29) is 0 Å². The molecule has 0 saturated heterocycles. The molecular formula is C11H20N2O2. The number of hydrogen-bond acceptors (Lipinski definition) is 4. The Labute approximate surface area is 91.0 Å². The van der Waals surface area contributed by atoms with Crippen LogP contribution >= 0.6 is 0 Å². The lowest BCUT2D eigenvalue weighted by molar-refractivity contribution is 0.126. The molecule has 4 heteroatoms. The number of ether oxygens (including phenoxy) is 1. The van der Waals surface area contributed by atoms with Gasteiger partial charge in [0.25, 0.3) is 0 Å². The normalized spacial score (nSPS) is 13.0. The summed E-state index contributed by atoms with van der Waals surface area (Å²) in [5.74, 6) is 1.68. The minimum Gasteiger partial charge on any atom is -0.444 e. The van der Waals surface area contributed by atoms with Gasteiger partial charge in [0.05, 0.1) is 19.3 Å². The molecule has 1 heterocycles. The van der Waals surface area contributed by atoms with Crippen molar-refractivity contribution in [2.75, 3.05) is 13.2 Å². The van der Waals surface area contributed by atoms with E-state index in [4.69, 9.17) is 9.15 Å². The second-order valence-electron chi connectivity index (χ2n) is 3.52. The molecule has 0 spiro atoms. The molecule has 4 nitrogen and oxygen atoms in total. The predicted molar refractivity (Wildman–Crippen MR) is 58.7 cm³/mol. The van der Waals surface area contributed by atoms with Gasteiger partial charge in [0, 0.05) is 19.1 Å². The van der Waals surface area contributed by atoms with Crippen LogP contribution in [0.25, 0.3) is 0 Å². The molecule has 1 atom stereocenters. The fraction of sp³-hybridized carbons (Fsp3) is 0.727. The lowest BCUT2D eigenvalue weighted by Gasteiger charge is -2.11. The maximum atomic E-state index is 5.47. The first-order valence-corrected chi connectivity index (χ1v) is 5.51. The van der Waals surface area contributed by atoms with Gasteiger partial charge in [0.1, 0.15) is 5.76 Å². The second-order valence-corrected chi connectivity index (χ2v) is 3.52. The van der Waals surface area contributed by atoms with Crippen molar-refractivity contribution in [1.29, 1.82) is 0 Å². The predicted octanol–water partition coefficient (Wildman–Crippen LogP) is 1.75. The zero-order valence-corrected chi connectivity index (χ0v) is 9.75. The molecule has 0 radical (unpaired) electrons. The van der Waals surface area contributed by atoms with E-state index >= 15 is 0 Å². The van der Waals surface area contributed by atoms with Gasteiger partial charge in [-0.25, -0.2) is 4.98 Å². The van der Waals surface area contributed by atoms with Crippen molar-refractivity contribution in [3.63, 3.8) is 0 Å². The Bertz CT molecular complexity index is 273. The third-order valence-electron chi connectivity index (χ3n) is 2.12. The van der Waals surface area contributed by atoms with Crippen molar-refractivity contribution < 1.29 is 9.15 Å². The molecule has 0 aromatic carbocycles. The molecule has 86 valence electrons. The van der Waals surface area contributed by atoms with Gasteiger partial charge in [0.15, 0.2) is 0 Å². The number of aryl methyl sites for hydroxylation is 1. The minimum atomic E-state index is 0.321. The molecule has 0 aliphatic heterocycles. The van der Waals surface area contributed by atoms with E-state index < -0.39 is 0 Å².